The molecule has 2 rings (SSSR count). The minimum Gasteiger partial charge on any atom is -0.355 e. The van der Waals surface area contributed by atoms with Crippen LogP contribution in [-0.4, -0.2) is 0 Å². The molecule has 0 bridgehead atoms. The van der Waals surface area contributed by atoms with E-state index in [9.17, 15) is 4.39 Å². The predicted octanol–water partition coefficient (Wildman–Crippen LogP) is 3.79. The summed E-state index contributed by atoms with van der Waals surface area (Å²) in [5, 5.41) is 3.15. The summed E-state index contributed by atoms with van der Waals surface area (Å²) < 4.78 is 14.5. The van der Waals surface area contributed by atoms with Gasteiger partial charge in [-0.2, -0.15) is 0 Å². The van der Waals surface area contributed by atoms with Crippen molar-refractivity contribution in [2.75, 3.05) is 5.32 Å². The Balaban J connectivity index is 2.29. The maximum absolute atomic E-state index is 13.5. The second kappa shape index (κ2) is 5.29. The lowest BCUT2D eigenvalue weighted by Crippen LogP contribution is -2.04. The first-order chi connectivity index (χ1) is 8.20. The van der Waals surface area contributed by atoms with Gasteiger partial charge in [-0.25, -0.2) is 4.39 Å². The fourth-order valence-electron chi connectivity index (χ4n) is 1.57. The molecule has 0 amide bonds. The van der Waals surface area contributed by atoms with Crippen LogP contribution < -0.4 is 11.1 Å². The van der Waals surface area contributed by atoms with Crippen LogP contribution in [0.1, 0.15) is 5.56 Å². The summed E-state index contributed by atoms with van der Waals surface area (Å²) in [6.45, 7) is 0.172. The van der Waals surface area contributed by atoms with Crippen LogP contribution in [0.2, 0.25) is 0 Å². The number of hydrogen-bond donors (Lipinski definition) is 2. The number of anilines is 2. The molecule has 0 unspecified atom stereocenters. The molecule has 2 aromatic carbocycles. The van der Waals surface area contributed by atoms with Gasteiger partial charge in [-0.1, -0.05) is 22.0 Å². The molecule has 0 heterocycles. The van der Waals surface area contributed by atoms with Crippen molar-refractivity contribution in [2.45, 2.75) is 6.54 Å². The van der Waals surface area contributed by atoms with Gasteiger partial charge in [0.2, 0.25) is 0 Å². The van der Waals surface area contributed by atoms with E-state index in [1.54, 1.807) is 6.07 Å². The van der Waals surface area contributed by atoms with Gasteiger partial charge >= 0.3 is 0 Å². The van der Waals surface area contributed by atoms with Gasteiger partial charge in [0.25, 0.3) is 0 Å². The zero-order valence-electron chi connectivity index (χ0n) is 9.08. The Morgan fingerprint density at radius 3 is 2.47 bits per heavy atom. The summed E-state index contributed by atoms with van der Waals surface area (Å²) in [6.07, 6.45) is 0. The van der Waals surface area contributed by atoms with Gasteiger partial charge in [0.05, 0.1) is 0 Å². The molecule has 3 N–H and O–H groups in total. The molecule has 88 valence electrons. The van der Waals surface area contributed by atoms with Gasteiger partial charge in [-0.15, -0.1) is 0 Å². The van der Waals surface area contributed by atoms with Crippen molar-refractivity contribution in [3.63, 3.8) is 0 Å². The van der Waals surface area contributed by atoms with E-state index < -0.39 is 0 Å². The van der Waals surface area contributed by atoms with Crippen molar-refractivity contribution < 1.29 is 4.39 Å². The molecular formula is C13H12BrFN2. The Kier molecular flexibility index (Phi) is 3.76. The molecule has 2 nitrogen and oxygen atoms in total. The summed E-state index contributed by atoms with van der Waals surface area (Å²) in [7, 11) is 0. The summed E-state index contributed by atoms with van der Waals surface area (Å²) in [4.78, 5) is 0. The average Bonchev–Trinajstić information content (AvgIpc) is 2.32. The van der Waals surface area contributed by atoms with E-state index in [-0.39, 0.29) is 12.4 Å². The first-order valence-electron chi connectivity index (χ1n) is 5.21. The van der Waals surface area contributed by atoms with Crippen LogP contribution in [-0.2, 0) is 6.54 Å². The van der Waals surface area contributed by atoms with Crippen LogP contribution in [0.3, 0.4) is 0 Å². The van der Waals surface area contributed by atoms with Gasteiger partial charge < -0.3 is 11.1 Å². The topological polar surface area (TPSA) is 38.0 Å². The monoisotopic (exact) mass is 294 g/mol. The molecule has 0 fully saturated rings. The molecule has 0 saturated heterocycles. The van der Waals surface area contributed by atoms with Crippen molar-refractivity contribution in [3.8, 4) is 0 Å². The SMILES string of the molecule is NCc1c(F)cccc1Nc1ccc(Br)cc1. The van der Waals surface area contributed by atoms with E-state index in [0.29, 0.717) is 11.3 Å². The Bertz CT molecular complexity index is 511. The fourth-order valence-corrected chi connectivity index (χ4v) is 1.84. The van der Waals surface area contributed by atoms with Crippen molar-refractivity contribution in [1.29, 1.82) is 0 Å². The first kappa shape index (κ1) is 12.1. The maximum atomic E-state index is 13.5. The van der Waals surface area contributed by atoms with Crippen LogP contribution in [0.4, 0.5) is 15.8 Å². The normalized spacial score (nSPS) is 10.3. The maximum Gasteiger partial charge on any atom is 0.129 e. The molecule has 0 aliphatic rings. The molecular weight excluding hydrogens is 283 g/mol. The highest BCUT2D eigenvalue weighted by molar-refractivity contribution is 9.10. The van der Waals surface area contributed by atoms with Crippen molar-refractivity contribution in [3.05, 3.63) is 58.3 Å². The summed E-state index contributed by atoms with van der Waals surface area (Å²) >= 11 is 3.36. The standard InChI is InChI=1S/C13H12BrFN2/c14-9-4-6-10(7-5-9)17-13-3-1-2-12(15)11(13)8-16/h1-7,17H,8,16H2. The third-order valence-corrected chi connectivity index (χ3v) is 2.97. The Morgan fingerprint density at radius 1 is 1.12 bits per heavy atom. The van der Waals surface area contributed by atoms with Crippen LogP contribution in [0, 0.1) is 5.82 Å². The summed E-state index contributed by atoms with van der Waals surface area (Å²) in [5.41, 5.74) is 7.64. The van der Waals surface area contributed by atoms with Gasteiger partial charge in [-0.05, 0) is 36.4 Å². The molecule has 0 aromatic heterocycles. The molecule has 0 aliphatic heterocycles. The van der Waals surface area contributed by atoms with E-state index in [2.05, 4.69) is 21.2 Å². The van der Waals surface area contributed by atoms with E-state index >= 15 is 0 Å². The van der Waals surface area contributed by atoms with E-state index in [1.807, 2.05) is 30.3 Å². The highest BCUT2D eigenvalue weighted by Crippen LogP contribution is 2.23. The summed E-state index contributed by atoms with van der Waals surface area (Å²) in [5.74, 6) is -0.283. The molecule has 2 aromatic rings. The lowest BCUT2D eigenvalue weighted by molar-refractivity contribution is 0.611. The second-order valence-corrected chi connectivity index (χ2v) is 4.52. The van der Waals surface area contributed by atoms with E-state index in [4.69, 9.17) is 5.73 Å². The Hall–Kier alpha value is -1.39. The quantitative estimate of drug-likeness (QED) is 0.904. The minimum atomic E-state index is -0.283. The number of nitrogens with one attached hydrogen (secondary N) is 1. The van der Waals surface area contributed by atoms with Crippen LogP contribution in [0.5, 0.6) is 0 Å². The Morgan fingerprint density at radius 2 is 1.82 bits per heavy atom. The molecule has 0 spiro atoms. The predicted molar refractivity (Wildman–Crippen MR) is 71.7 cm³/mol. The fraction of sp³-hybridized carbons (Fsp3) is 0.0769. The molecule has 0 radical (unpaired) electrons. The molecule has 0 atom stereocenters. The highest BCUT2D eigenvalue weighted by atomic mass is 79.9. The lowest BCUT2D eigenvalue weighted by atomic mass is 10.1. The van der Waals surface area contributed by atoms with Crippen LogP contribution in [0.15, 0.2) is 46.9 Å². The number of rotatable bonds is 3. The molecule has 0 saturated carbocycles. The molecule has 17 heavy (non-hydrogen) atoms. The zero-order chi connectivity index (χ0) is 12.3. The number of hydrogen-bond acceptors (Lipinski definition) is 2. The van der Waals surface area contributed by atoms with Crippen molar-refractivity contribution >= 4 is 27.3 Å². The summed E-state index contributed by atoms with van der Waals surface area (Å²) in [6, 6.07) is 12.6. The average molecular weight is 295 g/mol. The van der Waals surface area contributed by atoms with Crippen LogP contribution >= 0.6 is 15.9 Å². The first-order valence-corrected chi connectivity index (χ1v) is 6.00. The lowest BCUT2D eigenvalue weighted by Gasteiger charge is -2.11. The number of halogens is 2. The Labute approximate surface area is 108 Å². The minimum absolute atomic E-state index is 0.172. The van der Waals surface area contributed by atoms with E-state index in [0.717, 1.165) is 10.2 Å². The van der Waals surface area contributed by atoms with Gasteiger partial charge in [0, 0.05) is 28.0 Å². The van der Waals surface area contributed by atoms with E-state index in [1.165, 1.54) is 6.07 Å². The number of nitrogens with two attached hydrogens (primary N) is 1. The molecule has 0 aliphatic carbocycles. The third kappa shape index (κ3) is 2.84. The van der Waals surface area contributed by atoms with Crippen molar-refractivity contribution in [1.82, 2.24) is 0 Å². The second-order valence-electron chi connectivity index (χ2n) is 3.60. The van der Waals surface area contributed by atoms with Crippen LogP contribution in [0.25, 0.3) is 0 Å². The van der Waals surface area contributed by atoms with Gasteiger partial charge in [-0.3, -0.25) is 0 Å². The third-order valence-electron chi connectivity index (χ3n) is 2.45. The highest BCUT2D eigenvalue weighted by Gasteiger charge is 2.06. The largest absolute Gasteiger partial charge is 0.355 e. The smallest absolute Gasteiger partial charge is 0.129 e. The zero-order valence-corrected chi connectivity index (χ0v) is 10.7. The number of benzene rings is 2. The van der Waals surface area contributed by atoms with Gasteiger partial charge in [0.1, 0.15) is 5.82 Å². The molecule has 4 heteroatoms. The van der Waals surface area contributed by atoms with Crippen molar-refractivity contribution in [2.24, 2.45) is 5.73 Å². The van der Waals surface area contributed by atoms with Gasteiger partial charge in [0.15, 0.2) is 0 Å².